The maximum absolute atomic E-state index is 12.3. The number of nitrogens with zero attached hydrogens (tertiary/aromatic N) is 1. The summed E-state index contributed by atoms with van der Waals surface area (Å²) in [6.45, 7) is 6.41. The van der Waals surface area contributed by atoms with Crippen LogP contribution in [0.4, 0.5) is 14.5 Å². The number of nitrogens with one attached hydrogen (secondary N) is 1. The van der Waals surface area contributed by atoms with Gasteiger partial charge in [-0.2, -0.15) is 8.78 Å². The molecule has 1 fully saturated rings. The summed E-state index contributed by atoms with van der Waals surface area (Å²) in [4.78, 5) is 2.75. The van der Waals surface area contributed by atoms with Crippen LogP contribution in [0.25, 0.3) is 0 Å². The van der Waals surface area contributed by atoms with Gasteiger partial charge in [-0.1, -0.05) is 25.6 Å². The van der Waals surface area contributed by atoms with Crippen LogP contribution in [0.5, 0.6) is 0 Å². The Morgan fingerprint density at radius 3 is 2.33 bits per heavy atom. The molecule has 0 aromatic heterocycles. The fraction of sp³-hybridized carbons (Fsp3) is 0.533. The fourth-order valence-corrected chi connectivity index (χ4v) is 3.52. The van der Waals surface area contributed by atoms with Crippen molar-refractivity contribution in [1.29, 1.82) is 0 Å². The summed E-state index contributed by atoms with van der Waals surface area (Å²) in [6, 6.07) is 6.94. The third-order valence-electron chi connectivity index (χ3n) is 3.49. The van der Waals surface area contributed by atoms with Gasteiger partial charge >= 0.3 is 0 Å². The predicted octanol–water partition coefficient (Wildman–Crippen LogP) is 4.68. The maximum Gasteiger partial charge on any atom is 0.288 e. The number of alkyl halides is 2. The monoisotopic (exact) mass is 330 g/mol. The molecule has 2 nitrogen and oxygen atoms in total. The zero-order chi connectivity index (χ0) is 15.4. The molecule has 6 heteroatoms. The van der Waals surface area contributed by atoms with Gasteiger partial charge in [0.15, 0.2) is 5.11 Å². The van der Waals surface area contributed by atoms with Crippen molar-refractivity contribution in [2.75, 3.05) is 18.4 Å². The largest absolute Gasteiger partial charge is 0.348 e. The molecule has 0 unspecified atom stereocenters. The van der Waals surface area contributed by atoms with Crippen molar-refractivity contribution in [2.45, 2.75) is 30.9 Å². The van der Waals surface area contributed by atoms with Gasteiger partial charge in [0, 0.05) is 23.7 Å². The number of anilines is 1. The molecule has 1 heterocycles. The number of rotatable bonds is 3. The number of benzene rings is 1. The van der Waals surface area contributed by atoms with E-state index in [1.165, 1.54) is 6.42 Å². The Kier molecular flexibility index (Phi) is 5.81. The van der Waals surface area contributed by atoms with E-state index in [0.29, 0.717) is 33.6 Å². The van der Waals surface area contributed by atoms with Crippen LogP contribution >= 0.6 is 24.0 Å². The molecule has 1 saturated heterocycles. The van der Waals surface area contributed by atoms with Crippen molar-refractivity contribution < 1.29 is 8.78 Å². The Bertz CT molecular complexity index is 469. The molecule has 1 aliphatic heterocycles. The van der Waals surface area contributed by atoms with Crippen molar-refractivity contribution in [3.63, 3.8) is 0 Å². The zero-order valence-corrected chi connectivity index (χ0v) is 13.8. The van der Waals surface area contributed by atoms with E-state index in [9.17, 15) is 8.78 Å². The molecule has 0 aliphatic carbocycles. The number of hydrogen-bond acceptors (Lipinski definition) is 2. The molecule has 2 atom stereocenters. The van der Waals surface area contributed by atoms with Gasteiger partial charge in [0.05, 0.1) is 0 Å². The van der Waals surface area contributed by atoms with Gasteiger partial charge in [-0.25, -0.2) is 0 Å². The summed E-state index contributed by atoms with van der Waals surface area (Å²) in [6.07, 6.45) is 1.23. The number of likely N-dealkylation sites (tertiary alicyclic amines) is 1. The molecule has 0 amide bonds. The molecule has 1 aliphatic rings. The molecule has 2 rings (SSSR count). The molecular weight excluding hydrogens is 310 g/mol. The first kappa shape index (κ1) is 16.5. The van der Waals surface area contributed by atoms with Gasteiger partial charge in [0.1, 0.15) is 0 Å². The summed E-state index contributed by atoms with van der Waals surface area (Å²) in [5, 5.41) is 3.90. The summed E-state index contributed by atoms with van der Waals surface area (Å²) >= 11 is 6.00. The lowest BCUT2D eigenvalue weighted by molar-refractivity contribution is 0.216. The molecule has 1 aromatic carbocycles. The number of hydrogen-bond donors (Lipinski definition) is 1. The van der Waals surface area contributed by atoms with Crippen molar-refractivity contribution in [1.82, 2.24) is 4.90 Å². The summed E-state index contributed by atoms with van der Waals surface area (Å²) in [7, 11) is 0. The summed E-state index contributed by atoms with van der Waals surface area (Å²) < 4.78 is 24.5. The highest BCUT2D eigenvalue weighted by molar-refractivity contribution is 7.99. The molecule has 21 heavy (non-hydrogen) atoms. The average molecular weight is 330 g/mol. The standard InChI is InChI=1S/C15H20F2N2S2/c1-10-7-11(2)9-19(8-10)15(20)18-12-3-5-13(6-4-12)21-14(16)17/h3-6,10-11,14H,7-9H2,1-2H3,(H,18,20)/t10-,11-/m1/s1. The quantitative estimate of drug-likeness (QED) is 0.639. The van der Waals surface area contributed by atoms with Gasteiger partial charge in [0.25, 0.3) is 5.76 Å². The Balaban J connectivity index is 1.93. The lowest BCUT2D eigenvalue weighted by atomic mass is 9.92. The lowest BCUT2D eigenvalue weighted by Gasteiger charge is -2.36. The normalized spacial score (nSPS) is 22.4. The van der Waals surface area contributed by atoms with E-state index in [1.807, 2.05) is 0 Å². The van der Waals surface area contributed by atoms with Crippen LogP contribution in [0.15, 0.2) is 29.2 Å². The molecule has 0 saturated carbocycles. The Morgan fingerprint density at radius 2 is 1.81 bits per heavy atom. The van der Waals surface area contributed by atoms with E-state index < -0.39 is 5.76 Å². The van der Waals surface area contributed by atoms with E-state index >= 15 is 0 Å². The Labute approximate surface area is 134 Å². The summed E-state index contributed by atoms with van der Waals surface area (Å²) in [5.41, 5.74) is 0.837. The first-order valence-corrected chi connectivity index (χ1v) is 8.33. The molecule has 1 aromatic rings. The smallest absolute Gasteiger partial charge is 0.288 e. The highest BCUT2D eigenvalue weighted by atomic mass is 32.2. The number of halogens is 2. The molecule has 0 bridgehead atoms. The minimum Gasteiger partial charge on any atom is -0.348 e. The molecule has 116 valence electrons. The van der Waals surface area contributed by atoms with Gasteiger partial charge < -0.3 is 10.2 Å². The first-order chi connectivity index (χ1) is 9.94. The molecule has 1 N–H and O–H groups in total. The Hall–Kier alpha value is -0.880. The zero-order valence-electron chi connectivity index (χ0n) is 12.2. The second-order valence-corrected chi connectivity index (χ2v) is 7.13. The Morgan fingerprint density at radius 1 is 1.24 bits per heavy atom. The van der Waals surface area contributed by atoms with E-state index in [2.05, 4.69) is 24.1 Å². The van der Waals surface area contributed by atoms with Crippen molar-refractivity contribution >= 4 is 34.8 Å². The summed E-state index contributed by atoms with van der Waals surface area (Å²) in [5.74, 6) is -1.11. The second kappa shape index (κ2) is 7.40. The van der Waals surface area contributed by atoms with Crippen molar-refractivity contribution in [2.24, 2.45) is 11.8 Å². The molecular formula is C15H20F2N2S2. The van der Waals surface area contributed by atoms with E-state index in [1.54, 1.807) is 24.3 Å². The van der Waals surface area contributed by atoms with E-state index in [4.69, 9.17) is 12.2 Å². The van der Waals surface area contributed by atoms with Gasteiger partial charge in [-0.05, 0) is 54.7 Å². The van der Waals surface area contributed by atoms with Crippen LogP contribution in [0.2, 0.25) is 0 Å². The van der Waals surface area contributed by atoms with Crippen molar-refractivity contribution in [3.8, 4) is 0 Å². The molecule has 0 radical (unpaired) electrons. The van der Waals surface area contributed by atoms with Crippen LogP contribution in [0.1, 0.15) is 20.3 Å². The maximum atomic E-state index is 12.3. The number of piperidine rings is 1. The number of thioether (sulfide) groups is 1. The minimum absolute atomic E-state index is 0.550. The lowest BCUT2D eigenvalue weighted by Crippen LogP contribution is -2.44. The van der Waals surface area contributed by atoms with Crippen molar-refractivity contribution in [3.05, 3.63) is 24.3 Å². The SMILES string of the molecule is C[C@@H]1C[C@@H](C)CN(C(=S)Nc2ccc(SC(F)F)cc2)C1. The molecule has 0 spiro atoms. The third-order valence-corrected chi connectivity index (χ3v) is 4.57. The second-order valence-electron chi connectivity index (χ2n) is 5.68. The fourth-order valence-electron chi connectivity index (χ4n) is 2.75. The van der Waals surface area contributed by atoms with Crippen LogP contribution in [0, 0.1) is 11.8 Å². The highest BCUT2D eigenvalue weighted by Crippen LogP contribution is 2.26. The number of thiocarbonyl (C=S) groups is 1. The minimum atomic E-state index is -2.39. The van der Waals surface area contributed by atoms with E-state index in [-0.39, 0.29) is 0 Å². The highest BCUT2D eigenvalue weighted by Gasteiger charge is 2.23. The van der Waals surface area contributed by atoms with Crippen LogP contribution in [-0.4, -0.2) is 28.9 Å². The average Bonchev–Trinajstić information content (AvgIpc) is 2.39. The van der Waals surface area contributed by atoms with E-state index in [0.717, 1.165) is 18.8 Å². The first-order valence-electron chi connectivity index (χ1n) is 7.05. The van der Waals surface area contributed by atoms with Gasteiger partial charge in [0.2, 0.25) is 0 Å². The van der Waals surface area contributed by atoms with Gasteiger partial charge in [-0.3, -0.25) is 0 Å². The predicted molar refractivity (Wildman–Crippen MR) is 89.0 cm³/mol. The topological polar surface area (TPSA) is 15.3 Å². The van der Waals surface area contributed by atoms with Crippen LogP contribution in [-0.2, 0) is 0 Å². The van der Waals surface area contributed by atoms with Crippen LogP contribution in [0.3, 0.4) is 0 Å². The van der Waals surface area contributed by atoms with Crippen LogP contribution < -0.4 is 5.32 Å². The van der Waals surface area contributed by atoms with Gasteiger partial charge in [-0.15, -0.1) is 0 Å². The third kappa shape index (κ3) is 5.11.